The smallest absolute Gasteiger partial charge is 0.0814 e. The van der Waals surface area contributed by atoms with Crippen LogP contribution in [0.25, 0.3) is 0 Å². The van der Waals surface area contributed by atoms with Gasteiger partial charge in [-0.2, -0.15) is 0 Å². The predicted molar refractivity (Wildman–Crippen MR) is 58.5 cm³/mol. The SMILES string of the molecule is CC(C)/N=C/COCCC(C)(C)C. The molecule has 0 atom stereocenters. The van der Waals surface area contributed by atoms with Gasteiger partial charge < -0.3 is 4.74 Å². The van der Waals surface area contributed by atoms with E-state index >= 15 is 0 Å². The molecule has 0 N–H and O–H groups in total. The Bertz CT molecular complexity index is 145. The summed E-state index contributed by atoms with van der Waals surface area (Å²) >= 11 is 0. The molecule has 0 aliphatic heterocycles. The van der Waals surface area contributed by atoms with Gasteiger partial charge in [-0.05, 0) is 25.7 Å². The van der Waals surface area contributed by atoms with Crippen molar-refractivity contribution in [2.75, 3.05) is 13.2 Å². The number of aliphatic imine (C=N–C) groups is 1. The second-order valence-electron chi connectivity index (χ2n) is 4.81. The van der Waals surface area contributed by atoms with E-state index in [1.165, 1.54) is 0 Å². The molecular weight excluding hydrogens is 162 g/mol. The molecule has 0 fully saturated rings. The quantitative estimate of drug-likeness (QED) is 0.476. The average molecular weight is 185 g/mol. The third kappa shape index (κ3) is 11.6. The lowest BCUT2D eigenvalue weighted by molar-refractivity contribution is 0.140. The van der Waals surface area contributed by atoms with Crippen LogP contribution in [0.5, 0.6) is 0 Å². The van der Waals surface area contributed by atoms with E-state index in [4.69, 9.17) is 4.74 Å². The zero-order valence-electron chi connectivity index (χ0n) is 9.63. The number of rotatable bonds is 5. The second-order valence-corrected chi connectivity index (χ2v) is 4.81. The lowest BCUT2D eigenvalue weighted by Crippen LogP contribution is -2.10. The minimum Gasteiger partial charge on any atom is -0.376 e. The van der Waals surface area contributed by atoms with Gasteiger partial charge in [-0.1, -0.05) is 20.8 Å². The van der Waals surface area contributed by atoms with Crippen molar-refractivity contribution in [1.82, 2.24) is 0 Å². The third-order valence-electron chi connectivity index (χ3n) is 1.59. The van der Waals surface area contributed by atoms with Crippen LogP contribution in [-0.4, -0.2) is 25.5 Å². The van der Waals surface area contributed by atoms with Gasteiger partial charge in [0.1, 0.15) is 0 Å². The summed E-state index contributed by atoms with van der Waals surface area (Å²) in [6, 6.07) is 0.381. The van der Waals surface area contributed by atoms with Crippen LogP contribution in [-0.2, 0) is 4.74 Å². The minimum absolute atomic E-state index is 0.370. The van der Waals surface area contributed by atoms with Crippen molar-refractivity contribution in [2.24, 2.45) is 10.4 Å². The highest BCUT2D eigenvalue weighted by atomic mass is 16.5. The molecule has 0 rings (SSSR count). The molecular formula is C11H23NO. The Kier molecular flexibility index (Phi) is 5.97. The lowest BCUT2D eigenvalue weighted by atomic mass is 9.93. The van der Waals surface area contributed by atoms with Crippen LogP contribution in [0.1, 0.15) is 41.0 Å². The topological polar surface area (TPSA) is 21.6 Å². The minimum atomic E-state index is 0.370. The van der Waals surface area contributed by atoms with E-state index in [2.05, 4.69) is 39.6 Å². The number of ether oxygens (including phenoxy) is 1. The Morgan fingerprint density at radius 2 is 1.92 bits per heavy atom. The molecule has 0 spiro atoms. The number of nitrogens with zero attached hydrogens (tertiary/aromatic N) is 1. The lowest BCUT2D eigenvalue weighted by Gasteiger charge is -2.17. The van der Waals surface area contributed by atoms with Gasteiger partial charge >= 0.3 is 0 Å². The Labute approximate surface area is 82.4 Å². The first-order valence-corrected chi connectivity index (χ1v) is 5.01. The normalized spacial score (nSPS) is 13.1. The monoisotopic (exact) mass is 185 g/mol. The average Bonchev–Trinajstić information content (AvgIpc) is 1.93. The number of hydrogen-bond acceptors (Lipinski definition) is 2. The van der Waals surface area contributed by atoms with Crippen molar-refractivity contribution in [2.45, 2.75) is 47.1 Å². The van der Waals surface area contributed by atoms with Gasteiger partial charge in [-0.25, -0.2) is 0 Å². The van der Waals surface area contributed by atoms with Crippen LogP contribution in [0, 0.1) is 5.41 Å². The Morgan fingerprint density at radius 1 is 1.31 bits per heavy atom. The largest absolute Gasteiger partial charge is 0.376 e. The van der Waals surface area contributed by atoms with Crippen LogP contribution in [0.3, 0.4) is 0 Å². The first-order valence-electron chi connectivity index (χ1n) is 5.01. The maximum absolute atomic E-state index is 5.41. The van der Waals surface area contributed by atoms with Gasteiger partial charge in [0.25, 0.3) is 0 Å². The Morgan fingerprint density at radius 3 is 2.38 bits per heavy atom. The third-order valence-corrected chi connectivity index (χ3v) is 1.59. The summed E-state index contributed by atoms with van der Waals surface area (Å²) in [5.74, 6) is 0. The van der Waals surface area contributed by atoms with Crippen LogP contribution in [0.15, 0.2) is 4.99 Å². The molecule has 0 aromatic heterocycles. The van der Waals surface area contributed by atoms with Crippen LogP contribution in [0.4, 0.5) is 0 Å². The zero-order valence-corrected chi connectivity index (χ0v) is 9.63. The molecule has 0 unspecified atom stereocenters. The van der Waals surface area contributed by atoms with Crippen molar-refractivity contribution < 1.29 is 4.74 Å². The summed E-state index contributed by atoms with van der Waals surface area (Å²) < 4.78 is 5.41. The zero-order chi connectivity index (χ0) is 10.3. The fourth-order valence-electron chi connectivity index (χ4n) is 0.768. The van der Waals surface area contributed by atoms with Crippen LogP contribution >= 0.6 is 0 Å². The van der Waals surface area contributed by atoms with E-state index in [9.17, 15) is 0 Å². The van der Waals surface area contributed by atoms with Gasteiger partial charge in [0.15, 0.2) is 0 Å². The standard InChI is InChI=1S/C11H23NO/c1-10(2)12-7-9-13-8-6-11(3,4)5/h7,10H,6,8-9H2,1-5H3/b12-7+. The molecule has 0 saturated carbocycles. The molecule has 13 heavy (non-hydrogen) atoms. The maximum atomic E-state index is 5.41. The Balaban J connectivity index is 3.27. The molecule has 0 aliphatic rings. The highest BCUT2D eigenvalue weighted by Crippen LogP contribution is 2.17. The molecule has 0 aromatic rings. The molecule has 0 amide bonds. The first kappa shape index (κ1) is 12.6. The van der Waals surface area contributed by atoms with Crippen LogP contribution in [0.2, 0.25) is 0 Å². The summed E-state index contributed by atoms with van der Waals surface area (Å²) in [6.07, 6.45) is 2.95. The number of hydrogen-bond donors (Lipinski definition) is 0. The molecule has 0 saturated heterocycles. The molecule has 78 valence electrons. The van der Waals surface area contributed by atoms with E-state index in [0.29, 0.717) is 18.1 Å². The van der Waals surface area contributed by atoms with Gasteiger partial charge in [0.2, 0.25) is 0 Å². The fourth-order valence-corrected chi connectivity index (χ4v) is 0.768. The van der Waals surface area contributed by atoms with Gasteiger partial charge in [0.05, 0.1) is 6.61 Å². The van der Waals surface area contributed by atoms with Gasteiger partial charge in [-0.3, -0.25) is 4.99 Å². The van der Waals surface area contributed by atoms with Crippen molar-refractivity contribution in [3.63, 3.8) is 0 Å². The molecule has 0 bridgehead atoms. The van der Waals surface area contributed by atoms with Crippen molar-refractivity contribution in [3.8, 4) is 0 Å². The van der Waals surface area contributed by atoms with Crippen molar-refractivity contribution in [1.29, 1.82) is 0 Å². The van der Waals surface area contributed by atoms with Crippen LogP contribution < -0.4 is 0 Å². The second kappa shape index (κ2) is 6.14. The highest BCUT2D eigenvalue weighted by Gasteiger charge is 2.08. The molecule has 0 radical (unpaired) electrons. The summed E-state index contributed by atoms with van der Waals surface area (Å²) in [4.78, 5) is 4.21. The Hall–Kier alpha value is -0.370. The van der Waals surface area contributed by atoms with Crippen molar-refractivity contribution >= 4 is 6.21 Å². The molecule has 0 aromatic carbocycles. The summed E-state index contributed by atoms with van der Waals surface area (Å²) in [7, 11) is 0. The van der Waals surface area contributed by atoms with E-state index in [0.717, 1.165) is 13.0 Å². The maximum Gasteiger partial charge on any atom is 0.0814 e. The predicted octanol–water partition coefficient (Wildman–Crippen LogP) is 2.92. The summed E-state index contributed by atoms with van der Waals surface area (Å²) in [6.45, 7) is 12.3. The molecule has 0 aliphatic carbocycles. The van der Waals surface area contributed by atoms with E-state index in [-0.39, 0.29) is 0 Å². The highest BCUT2D eigenvalue weighted by molar-refractivity contribution is 5.58. The summed E-state index contributed by atoms with van der Waals surface area (Å²) in [5.41, 5.74) is 0.370. The molecule has 2 nitrogen and oxygen atoms in total. The van der Waals surface area contributed by atoms with E-state index < -0.39 is 0 Å². The van der Waals surface area contributed by atoms with E-state index in [1.807, 2.05) is 6.21 Å². The first-order chi connectivity index (χ1) is 5.92. The molecule has 0 heterocycles. The fraction of sp³-hybridized carbons (Fsp3) is 0.909. The summed E-state index contributed by atoms with van der Waals surface area (Å²) in [5, 5.41) is 0. The van der Waals surface area contributed by atoms with E-state index in [1.54, 1.807) is 0 Å². The van der Waals surface area contributed by atoms with Crippen molar-refractivity contribution in [3.05, 3.63) is 0 Å². The molecule has 2 heteroatoms. The van der Waals surface area contributed by atoms with Gasteiger partial charge in [0, 0.05) is 18.9 Å². The van der Waals surface area contributed by atoms with Gasteiger partial charge in [-0.15, -0.1) is 0 Å².